The van der Waals surface area contributed by atoms with Gasteiger partial charge in [-0.05, 0) is 81.6 Å². The second kappa shape index (κ2) is 13.4. The van der Waals surface area contributed by atoms with Crippen LogP contribution in [0.4, 0.5) is 0 Å². The van der Waals surface area contributed by atoms with Gasteiger partial charge in [0.25, 0.3) is 0 Å². The van der Waals surface area contributed by atoms with Crippen LogP contribution in [-0.2, 0) is 30.9 Å². The molecule has 0 saturated carbocycles. The molecule has 0 fully saturated rings. The van der Waals surface area contributed by atoms with E-state index in [1.165, 1.54) is 0 Å². The topological polar surface area (TPSA) is 81.6 Å². The molecule has 3 aromatic carbocycles. The van der Waals surface area contributed by atoms with E-state index in [1.54, 1.807) is 0 Å². The highest BCUT2D eigenvalue weighted by Crippen LogP contribution is 2.39. The van der Waals surface area contributed by atoms with E-state index in [0.29, 0.717) is 45.0 Å². The summed E-state index contributed by atoms with van der Waals surface area (Å²) < 4.78 is 20.1. The molecule has 3 heterocycles. The molecule has 6 rings (SSSR count). The first-order valence-corrected chi connectivity index (χ1v) is 15.9. The van der Waals surface area contributed by atoms with E-state index < -0.39 is 0 Å². The summed E-state index contributed by atoms with van der Waals surface area (Å²) in [5.74, 6) is 1.28. The van der Waals surface area contributed by atoms with Crippen molar-refractivity contribution in [1.29, 1.82) is 0 Å². The van der Waals surface area contributed by atoms with Crippen molar-refractivity contribution in [2.45, 2.75) is 53.3 Å². The number of likely N-dealkylation sites (N-methyl/N-ethyl adjacent to an activating group) is 1. The number of ether oxygens (including phenoxy) is 3. The number of halogens is 1. The lowest BCUT2D eigenvalue weighted by Gasteiger charge is -2.17. The molecule has 0 amide bonds. The fourth-order valence-corrected chi connectivity index (χ4v) is 6.37. The molecule has 45 heavy (non-hydrogen) atoms. The van der Waals surface area contributed by atoms with Crippen LogP contribution in [0.1, 0.15) is 51.9 Å². The normalized spacial score (nSPS) is 13.2. The van der Waals surface area contributed by atoms with Gasteiger partial charge in [0.1, 0.15) is 29.5 Å². The molecule has 0 spiro atoms. The largest absolute Gasteiger partial charge is 0.494 e. The molecule has 0 saturated heterocycles. The lowest BCUT2D eigenvalue weighted by Crippen LogP contribution is -2.24. The van der Waals surface area contributed by atoms with Gasteiger partial charge in [0.2, 0.25) is 0 Å². The van der Waals surface area contributed by atoms with Crippen LogP contribution in [0.5, 0.6) is 11.5 Å². The zero-order chi connectivity index (χ0) is 31.5. The van der Waals surface area contributed by atoms with Gasteiger partial charge < -0.3 is 18.8 Å². The van der Waals surface area contributed by atoms with Crippen LogP contribution >= 0.6 is 11.6 Å². The summed E-state index contributed by atoms with van der Waals surface area (Å²) in [6.45, 7) is 9.02. The van der Waals surface area contributed by atoms with E-state index in [-0.39, 0.29) is 5.97 Å². The number of aryl methyl sites for hydroxylation is 3. The maximum atomic E-state index is 13.7. The number of rotatable bonds is 10. The van der Waals surface area contributed by atoms with Crippen molar-refractivity contribution < 1.29 is 19.0 Å². The van der Waals surface area contributed by atoms with Crippen LogP contribution in [0, 0.1) is 13.8 Å². The van der Waals surface area contributed by atoms with Gasteiger partial charge in [0, 0.05) is 41.2 Å². The Hall–Kier alpha value is -4.27. The van der Waals surface area contributed by atoms with Crippen molar-refractivity contribution in [2.24, 2.45) is 0 Å². The highest BCUT2D eigenvalue weighted by molar-refractivity contribution is 6.32. The molecule has 2 aromatic heterocycles. The van der Waals surface area contributed by atoms with Crippen LogP contribution in [-0.4, -0.2) is 52.4 Å². The molecule has 1 N–H and O–H groups in total. The first-order valence-electron chi connectivity index (χ1n) is 15.5. The summed E-state index contributed by atoms with van der Waals surface area (Å²) in [4.78, 5) is 15.9. The number of hydrogen-bond acceptors (Lipinski definition) is 6. The Morgan fingerprint density at radius 3 is 2.53 bits per heavy atom. The summed E-state index contributed by atoms with van der Waals surface area (Å²) >= 11 is 6.36. The molecule has 9 heteroatoms. The summed E-state index contributed by atoms with van der Waals surface area (Å²) in [7, 11) is 2.09. The maximum Gasteiger partial charge on any atom is 0.355 e. The Bertz CT molecular complexity index is 1810. The Morgan fingerprint density at radius 1 is 1.00 bits per heavy atom. The van der Waals surface area contributed by atoms with Gasteiger partial charge in [-0.25, -0.2) is 4.79 Å². The van der Waals surface area contributed by atoms with E-state index in [4.69, 9.17) is 30.9 Å². The van der Waals surface area contributed by atoms with E-state index in [2.05, 4.69) is 39.8 Å². The van der Waals surface area contributed by atoms with Gasteiger partial charge in [-0.1, -0.05) is 48.0 Å². The van der Waals surface area contributed by atoms with Gasteiger partial charge in [0.15, 0.2) is 0 Å². The van der Waals surface area contributed by atoms with Gasteiger partial charge >= 0.3 is 5.97 Å². The fourth-order valence-electron chi connectivity index (χ4n) is 6.27. The van der Waals surface area contributed by atoms with E-state index >= 15 is 0 Å². The third-order valence-corrected chi connectivity index (χ3v) is 8.94. The minimum atomic E-state index is -0.304. The number of para-hydroxylation sites is 2. The zero-order valence-corrected chi connectivity index (χ0v) is 27.0. The standard InChI is InChI=1S/C36H39ClN4O4/c1-5-43-36(42)35-28(15-10-18-44-26-19-23(2)33(37)24(3)20-26)27-13-9-14-29-32-30(21-40(4)16-17-41(35)34(27)29)38-39-31(32)22-45-25-11-7-6-8-12-25/h6-9,11-14,19-20H,5,10,15-18,21-22H2,1-4H3,(H,38,39). The highest BCUT2D eigenvalue weighted by atomic mass is 35.5. The number of nitrogens with one attached hydrogen (secondary N) is 1. The Kier molecular flexibility index (Phi) is 9.14. The molecule has 0 radical (unpaired) electrons. The van der Waals surface area contributed by atoms with Crippen molar-refractivity contribution in [1.82, 2.24) is 19.7 Å². The van der Waals surface area contributed by atoms with Crippen LogP contribution < -0.4 is 9.47 Å². The Balaban J connectivity index is 1.40. The first-order chi connectivity index (χ1) is 21.9. The van der Waals surface area contributed by atoms with Crippen molar-refractivity contribution >= 4 is 28.5 Å². The monoisotopic (exact) mass is 626 g/mol. The van der Waals surface area contributed by atoms with Gasteiger partial charge in [0.05, 0.1) is 24.4 Å². The number of aromatic amines is 1. The maximum absolute atomic E-state index is 13.7. The van der Waals surface area contributed by atoms with Crippen molar-refractivity contribution in [3.8, 4) is 22.6 Å². The number of esters is 1. The third-order valence-electron chi connectivity index (χ3n) is 8.34. The first kappa shape index (κ1) is 30.7. The van der Waals surface area contributed by atoms with Crippen molar-refractivity contribution in [2.75, 3.05) is 26.8 Å². The average molecular weight is 627 g/mol. The third kappa shape index (κ3) is 6.30. The van der Waals surface area contributed by atoms with E-state index in [9.17, 15) is 4.79 Å². The van der Waals surface area contributed by atoms with Gasteiger partial charge in [-0.3, -0.25) is 10.00 Å². The molecule has 0 unspecified atom stereocenters. The molecule has 8 nitrogen and oxygen atoms in total. The van der Waals surface area contributed by atoms with Gasteiger partial charge in [-0.15, -0.1) is 0 Å². The molecule has 0 bridgehead atoms. The number of aromatic nitrogens is 3. The SMILES string of the molecule is CCOC(=O)c1c(CCCOc2cc(C)c(Cl)c(C)c2)c2cccc3c2n1CCN(C)Cc1[nH]nc(COc2ccccc2)c1-3. The average Bonchev–Trinajstić information content (AvgIpc) is 3.59. The summed E-state index contributed by atoms with van der Waals surface area (Å²) in [5.41, 5.74) is 8.47. The van der Waals surface area contributed by atoms with E-state index in [0.717, 1.165) is 79.6 Å². The number of carbonyl (C=O) groups excluding carboxylic acids is 1. The predicted molar refractivity (Wildman–Crippen MR) is 177 cm³/mol. The van der Waals surface area contributed by atoms with Crippen LogP contribution in [0.15, 0.2) is 60.7 Å². The number of H-pyrrole nitrogens is 1. The van der Waals surface area contributed by atoms with Crippen LogP contribution in [0.2, 0.25) is 5.02 Å². The Morgan fingerprint density at radius 2 is 1.78 bits per heavy atom. The summed E-state index contributed by atoms with van der Waals surface area (Å²) in [5, 5.41) is 9.82. The molecular weight excluding hydrogens is 588 g/mol. The zero-order valence-electron chi connectivity index (χ0n) is 26.3. The molecule has 1 aliphatic heterocycles. The number of fused-ring (bicyclic) bond motifs is 2. The Labute approximate surface area is 268 Å². The minimum absolute atomic E-state index is 0.303. The second-order valence-electron chi connectivity index (χ2n) is 11.6. The minimum Gasteiger partial charge on any atom is -0.494 e. The molecule has 0 atom stereocenters. The van der Waals surface area contributed by atoms with Crippen molar-refractivity contribution in [3.63, 3.8) is 0 Å². The number of nitrogens with zero attached hydrogens (tertiary/aromatic N) is 3. The number of carbonyl (C=O) groups is 1. The second-order valence-corrected chi connectivity index (χ2v) is 12.0. The highest BCUT2D eigenvalue weighted by Gasteiger charge is 2.29. The predicted octanol–water partition coefficient (Wildman–Crippen LogP) is 7.51. The fraction of sp³-hybridized carbons (Fsp3) is 0.333. The summed E-state index contributed by atoms with van der Waals surface area (Å²) in [6.07, 6.45) is 1.38. The quantitative estimate of drug-likeness (QED) is 0.128. The van der Waals surface area contributed by atoms with Gasteiger partial charge in [-0.2, -0.15) is 5.10 Å². The summed E-state index contributed by atoms with van der Waals surface area (Å²) in [6, 6.07) is 20.0. The lowest BCUT2D eigenvalue weighted by atomic mass is 9.98. The molecule has 1 aliphatic rings. The molecule has 5 aromatic rings. The molecular formula is C36H39ClN4O4. The number of hydrogen-bond donors (Lipinski definition) is 1. The molecule has 234 valence electrons. The molecule has 0 aliphatic carbocycles. The number of benzene rings is 3. The van der Waals surface area contributed by atoms with Crippen LogP contribution in [0.25, 0.3) is 22.0 Å². The smallest absolute Gasteiger partial charge is 0.355 e. The van der Waals surface area contributed by atoms with E-state index in [1.807, 2.05) is 63.2 Å². The van der Waals surface area contributed by atoms with Crippen molar-refractivity contribution in [3.05, 3.63) is 99.5 Å². The van der Waals surface area contributed by atoms with Crippen LogP contribution in [0.3, 0.4) is 0 Å². The lowest BCUT2D eigenvalue weighted by molar-refractivity contribution is 0.0512.